The minimum atomic E-state index is -0.300. The van der Waals surface area contributed by atoms with Crippen LogP contribution in [0.15, 0.2) is 66.7 Å². The Morgan fingerprint density at radius 3 is 2.45 bits per heavy atom. The van der Waals surface area contributed by atoms with E-state index in [1.807, 2.05) is 30.0 Å². The number of benzene rings is 2. The molecule has 3 amide bonds. The molecule has 3 unspecified atom stereocenters. The standard InChI is InChI=1S/C28H30N2O3/c1-19-7-5-12-24-25(19)28(33)30(27(24)32)23-11-6-10-22(18-23)26(31)29-15-13-21(14-16-29)17-20-8-3-2-4-9-20/h2-11,18-19,21,24-25H,12-17H2,1H3. The fraction of sp³-hybridized carbons (Fsp3) is 0.393. The molecule has 0 saturated carbocycles. The second kappa shape index (κ2) is 8.97. The fourth-order valence-corrected chi connectivity index (χ4v) is 5.65. The Labute approximate surface area is 195 Å². The Morgan fingerprint density at radius 2 is 1.73 bits per heavy atom. The molecule has 0 N–H and O–H groups in total. The van der Waals surface area contributed by atoms with Gasteiger partial charge in [0, 0.05) is 18.7 Å². The third-order valence-corrected chi connectivity index (χ3v) is 7.49. The highest BCUT2D eigenvalue weighted by Gasteiger charge is 2.50. The monoisotopic (exact) mass is 442 g/mol. The van der Waals surface area contributed by atoms with Crippen molar-refractivity contribution in [2.75, 3.05) is 18.0 Å². The summed E-state index contributed by atoms with van der Waals surface area (Å²) in [6.07, 6.45) is 7.65. The first kappa shape index (κ1) is 21.6. The zero-order chi connectivity index (χ0) is 22.9. The number of carbonyl (C=O) groups excluding carboxylic acids is 3. The molecule has 2 aliphatic heterocycles. The van der Waals surface area contributed by atoms with Crippen LogP contribution >= 0.6 is 0 Å². The average Bonchev–Trinajstić information content (AvgIpc) is 3.10. The largest absolute Gasteiger partial charge is 0.339 e. The second-order valence-corrected chi connectivity index (χ2v) is 9.64. The van der Waals surface area contributed by atoms with Crippen molar-refractivity contribution in [1.29, 1.82) is 0 Å². The van der Waals surface area contributed by atoms with Crippen LogP contribution < -0.4 is 4.90 Å². The van der Waals surface area contributed by atoms with Gasteiger partial charge in [0.2, 0.25) is 11.8 Å². The van der Waals surface area contributed by atoms with Crippen molar-refractivity contribution in [3.05, 3.63) is 77.9 Å². The molecule has 0 radical (unpaired) electrons. The highest BCUT2D eigenvalue weighted by molar-refractivity contribution is 6.22. The van der Waals surface area contributed by atoms with Crippen LogP contribution in [0.3, 0.4) is 0 Å². The summed E-state index contributed by atoms with van der Waals surface area (Å²) in [6.45, 7) is 3.45. The van der Waals surface area contributed by atoms with Crippen LogP contribution in [-0.2, 0) is 16.0 Å². The first-order chi connectivity index (χ1) is 16.0. The summed E-state index contributed by atoms with van der Waals surface area (Å²) in [6, 6.07) is 17.5. The molecular weight excluding hydrogens is 412 g/mol. The van der Waals surface area contributed by atoms with E-state index in [9.17, 15) is 14.4 Å². The molecule has 2 heterocycles. The molecule has 3 atom stereocenters. The van der Waals surface area contributed by atoms with Gasteiger partial charge in [-0.3, -0.25) is 19.3 Å². The number of allylic oxidation sites excluding steroid dienone is 2. The minimum Gasteiger partial charge on any atom is -0.339 e. The molecule has 33 heavy (non-hydrogen) atoms. The summed E-state index contributed by atoms with van der Waals surface area (Å²) in [5, 5.41) is 0. The highest BCUT2D eigenvalue weighted by Crippen LogP contribution is 2.40. The summed E-state index contributed by atoms with van der Waals surface area (Å²) >= 11 is 0. The molecule has 2 aromatic carbocycles. The predicted octanol–water partition coefficient (Wildman–Crippen LogP) is 4.48. The number of piperidine rings is 1. The maximum absolute atomic E-state index is 13.2. The number of anilines is 1. The van der Waals surface area contributed by atoms with Gasteiger partial charge in [-0.05, 0) is 61.3 Å². The third kappa shape index (κ3) is 4.12. The molecule has 1 aliphatic carbocycles. The lowest BCUT2D eigenvalue weighted by Gasteiger charge is -2.32. The fourth-order valence-electron chi connectivity index (χ4n) is 5.65. The molecular formula is C28H30N2O3. The normalized spacial score (nSPS) is 25.4. The van der Waals surface area contributed by atoms with Gasteiger partial charge in [0.15, 0.2) is 0 Å². The van der Waals surface area contributed by atoms with Crippen LogP contribution in [0.25, 0.3) is 0 Å². The van der Waals surface area contributed by atoms with Gasteiger partial charge in [-0.1, -0.05) is 55.5 Å². The Balaban J connectivity index is 1.26. The number of nitrogens with zero attached hydrogens (tertiary/aromatic N) is 2. The van der Waals surface area contributed by atoms with E-state index >= 15 is 0 Å². The lowest BCUT2D eigenvalue weighted by molar-refractivity contribution is -0.122. The Kier molecular flexibility index (Phi) is 5.88. The maximum atomic E-state index is 13.2. The third-order valence-electron chi connectivity index (χ3n) is 7.49. The SMILES string of the molecule is CC1C=CCC2C(=O)N(c3cccc(C(=O)N4CCC(Cc5ccccc5)CC4)c3)C(=O)C12. The van der Waals surface area contributed by atoms with Crippen molar-refractivity contribution >= 4 is 23.4 Å². The molecule has 170 valence electrons. The molecule has 5 heteroatoms. The molecule has 5 rings (SSSR count). The van der Waals surface area contributed by atoms with Gasteiger partial charge < -0.3 is 4.90 Å². The van der Waals surface area contributed by atoms with Crippen LogP contribution in [-0.4, -0.2) is 35.7 Å². The van der Waals surface area contributed by atoms with Crippen molar-refractivity contribution in [1.82, 2.24) is 4.90 Å². The van der Waals surface area contributed by atoms with E-state index in [2.05, 4.69) is 24.3 Å². The van der Waals surface area contributed by atoms with E-state index < -0.39 is 0 Å². The predicted molar refractivity (Wildman–Crippen MR) is 128 cm³/mol. The summed E-state index contributed by atoms with van der Waals surface area (Å²) < 4.78 is 0. The molecule has 0 aromatic heterocycles. The smallest absolute Gasteiger partial charge is 0.253 e. The molecule has 3 aliphatic rings. The lowest BCUT2D eigenvalue weighted by Crippen LogP contribution is -2.39. The molecule has 2 saturated heterocycles. The Morgan fingerprint density at radius 1 is 0.970 bits per heavy atom. The van der Waals surface area contributed by atoms with Gasteiger partial charge in [0.1, 0.15) is 0 Å². The van der Waals surface area contributed by atoms with Gasteiger partial charge in [-0.25, -0.2) is 0 Å². The van der Waals surface area contributed by atoms with Crippen LogP contribution in [0.5, 0.6) is 0 Å². The quantitative estimate of drug-likeness (QED) is 0.518. The topological polar surface area (TPSA) is 57.7 Å². The minimum absolute atomic E-state index is 0.0263. The number of rotatable bonds is 4. The van der Waals surface area contributed by atoms with E-state index in [1.54, 1.807) is 24.3 Å². The maximum Gasteiger partial charge on any atom is 0.253 e. The Hall–Kier alpha value is -3.21. The molecule has 0 bridgehead atoms. The molecule has 2 aromatic rings. The van der Waals surface area contributed by atoms with Crippen LogP contribution in [0.4, 0.5) is 5.69 Å². The van der Waals surface area contributed by atoms with E-state index in [-0.39, 0.29) is 35.5 Å². The van der Waals surface area contributed by atoms with Crippen LogP contribution in [0.1, 0.15) is 42.1 Å². The van der Waals surface area contributed by atoms with Gasteiger partial charge >= 0.3 is 0 Å². The second-order valence-electron chi connectivity index (χ2n) is 9.64. The van der Waals surface area contributed by atoms with Crippen molar-refractivity contribution in [3.8, 4) is 0 Å². The van der Waals surface area contributed by atoms with Crippen molar-refractivity contribution in [3.63, 3.8) is 0 Å². The van der Waals surface area contributed by atoms with Gasteiger partial charge in [0.05, 0.1) is 17.5 Å². The number of likely N-dealkylation sites (tertiary alicyclic amines) is 1. The zero-order valence-electron chi connectivity index (χ0n) is 19.0. The van der Waals surface area contributed by atoms with Gasteiger partial charge in [-0.2, -0.15) is 0 Å². The van der Waals surface area contributed by atoms with E-state index in [0.717, 1.165) is 32.4 Å². The first-order valence-corrected chi connectivity index (χ1v) is 12.0. The number of amides is 3. The van der Waals surface area contributed by atoms with E-state index in [4.69, 9.17) is 0 Å². The number of hydrogen-bond donors (Lipinski definition) is 0. The summed E-state index contributed by atoms with van der Waals surface area (Å²) in [5.74, 6) is -0.276. The highest BCUT2D eigenvalue weighted by atomic mass is 16.2. The molecule has 5 nitrogen and oxygen atoms in total. The Bertz CT molecular complexity index is 1090. The first-order valence-electron chi connectivity index (χ1n) is 12.0. The van der Waals surface area contributed by atoms with Crippen molar-refractivity contribution in [2.45, 2.75) is 32.6 Å². The average molecular weight is 443 g/mol. The number of fused-ring (bicyclic) bond motifs is 1. The summed E-state index contributed by atoms with van der Waals surface area (Å²) in [5.41, 5.74) is 2.40. The van der Waals surface area contributed by atoms with E-state index in [1.165, 1.54) is 10.5 Å². The van der Waals surface area contributed by atoms with Gasteiger partial charge in [-0.15, -0.1) is 0 Å². The number of carbonyl (C=O) groups is 3. The van der Waals surface area contributed by atoms with Gasteiger partial charge in [0.25, 0.3) is 5.91 Å². The molecule has 0 spiro atoms. The van der Waals surface area contributed by atoms with Crippen molar-refractivity contribution in [2.24, 2.45) is 23.7 Å². The number of hydrogen-bond acceptors (Lipinski definition) is 3. The van der Waals surface area contributed by atoms with Crippen molar-refractivity contribution < 1.29 is 14.4 Å². The lowest BCUT2D eigenvalue weighted by atomic mass is 9.78. The van der Waals surface area contributed by atoms with Crippen LogP contribution in [0, 0.1) is 23.7 Å². The van der Waals surface area contributed by atoms with Crippen LogP contribution in [0.2, 0.25) is 0 Å². The van der Waals surface area contributed by atoms with E-state index in [0.29, 0.717) is 23.6 Å². The summed E-state index contributed by atoms with van der Waals surface area (Å²) in [7, 11) is 0. The summed E-state index contributed by atoms with van der Waals surface area (Å²) in [4.78, 5) is 42.6. The number of imide groups is 1. The molecule has 2 fully saturated rings. The zero-order valence-corrected chi connectivity index (χ0v) is 19.0.